The van der Waals surface area contributed by atoms with E-state index < -0.39 is 7.23 Å². The molecule has 2 unspecified atom stereocenters. The Labute approximate surface area is 105 Å². The zero-order chi connectivity index (χ0) is 12.7. The molecule has 3 nitrogen and oxygen atoms in total. The molecule has 0 aliphatic heterocycles. The summed E-state index contributed by atoms with van der Waals surface area (Å²) in [5, 5.41) is 0. The fraction of sp³-hybridized carbons (Fsp3) is 1.00. The molecule has 0 aliphatic carbocycles. The molecule has 5 heteroatoms. The molecule has 0 fully saturated rings. The van der Waals surface area contributed by atoms with Crippen LogP contribution in [-0.4, -0.2) is 35.4 Å². The van der Waals surface area contributed by atoms with E-state index in [2.05, 4.69) is 39.5 Å². The summed E-state index contributed by atoms with van der Waals surface area (Å²) >= 11 is 1.45. The van der Waals surface area contributed by atoms with E-state index in [-0.39, 0.29) is 0 Å². The van der Waals surface area contributed by atoms with E-state index >= 15 is 0 Å². The quantitative estimate of drug-likeness (QED) is 0.628. The molecule has 98 valence electrons. The maximum absolute atomic E-state index is 11.4. The average molecular weight is 267 g/mol. The summed E-state index contributed by atoms with van der Waals surface area (Å²) < 4.78 is 16.5. The minimum Gasteiger partial charge on any atom is -0.323 e. The van der Waals surface area contributed by atoms with E-state index in [9.17, 15) is 4.57 Å². The Morgan fingerprint density at radius 3 is 2.06 bits per heavy atom. The molecule has 0 amide bonds. The van der Waals surface area contributed by atoms with Crippen LogP contribution in [0.1, 0.15) is 41.5 Å². The van der Waals surface area contributed by atoms with Crippen LogP contribution < -0.4 is 0 Å². The van der Waals surface area contributed by atoms with Gasteiger partial charge in [-0.1, -0.05) is 11.4 Å². The fourth-order valence-corrected chi connectivity index (χ4v) is 4.65. The van der Waals surface area contributed by atoms with Crippen LogP contribution in [0.4, 0.5) is 0 Å². The lowest BCUT2D eigenvalue weighted by Gasteiger charge is -2.36. The van der Waals surface area contributed by atoms with E-state index in [1.165, 1.54) is 11.4 Å². The highest BCUT2D eigenvalue weighted by atomic mass is 32.7. The van der Waals surface area contributed by atoms with Gasteiger partial charge in [0.15, 0.2) is 0 Å². The highest BCUT2D eigenvalue weighted by molar-refractivity contribution is 8.50. The molecule has 0 rings (SSSR count). The van der Waals surface area contributed by atoms with E-state index in [4.69, 9.17) is 4.52 Å². The summed E-state index contributed by atoms with van der Waals surface area (Å²) in [5.41, 5.74) is 0. The molecule has 0 aliphatic rings. The van der Waals surface area contributed by atoms with Crippen LogP contribution in [-0.2, 0) is 9.09 Å². The van der Waals surface area contributed by atoms with Gasteiger partial charge in [0, 0.05) is 23.9 Å². The van der Waals surface area contributed by atoms with Crippen molar-refractivity contribution in [3.05, 3.63) is 0 Å². The molecule has 0 saturated heterocycles. The molecule has 0 N–H and O–H groups in total. The number of hydrogen-bond donors (Lipinski definition) is 0. The zero-order valence-electron chi connectivity index (χ0n) is 11.3. The minimum atomic E-state index is -1.88. The second kappa shape index (κ2) is 8.57. The predicted octanol–water partition coefficient (Wildman–Crippen LogP) is 3.65. The molecule has 0 bridgehead atoms. The van der Waals surface area contributed by atoms with Crippen molar-refractivity contribution >= 4 is 18.6 Å². The van der Waals surface area contributed by atoms with Crippen molar-refractivity contribution in [1.82, 2.24) is 4.90 Å². The molecule has 0 radical (unpaired) electrons. The molecule has 0 aromatic heterocycles. The third-order valence-electron chi connectivity index (χ3n) is 2.41. The summed E-state index contributed by atoms with van der Waals surface area (Å²) in [7, 11) is -1.88. The average Bonchev–Trinajstić information content (AvgIpc) is 2.14. The molecule has 16 heavy (non-hydrogen) atoms. The first kappa shape index (κ1) is 16.5. The molecule has 2 atom stereocenters. The van der Waals surface area contributed by atoms with E-state index in [0.717, 1.165) is 5.75 Å². The Bertz CT molecular complexity index is 204. The second-order valence-corrected chi connectivity index (χ2v) is 7.75. The Morgan fingerprint density at radius 2 is 1.69 bits per heavy atom. The summed E-state index contributed by atoms with van der Waals surface area (Å²) in [6.45, 7) is 13.4. The van der Waals surface area contributed by atoms with Crippen molar-refractivity contribution in [2.45, 2.75) is 59.7 Å². The SMILES string of the molecule is CCO[PH](=O)SCC(C)N(C(C)C)C(C)C. The third-order valence-corrected chi connectivity index (χ3v) is 5.38. The fourth-order valence-electron chi connectivity index (χ4n) is 2.05. The van der Waals surface area contributed by atoms with Gasteiger partial charge in [-0.15, -0.1) is 0 Å². The molecule has 0 heterocycles. The van der Waals surface area contributed by atoms with Gasteiger partial charge >= 0.3 is 0 Å². The first-order valence-electron chi connectivity index (χ1n) is 5.97. The maximum atomic E-state index is 11.4. The van der Waals surface area contributed by atoms with E-state index in [1.54, 1.807) is 0 Å². The van der Waals surface area contributed by atoms with Crippen LogP contribution in [0.15, 0.2) is 0 Å². The molecular formula is C11H26NO2PS. The molecule has 0 spiro atoms. The van der Waals surface area contributed by atoms with Gasteiger partial charge in [0.2, 0.25) is 7.23 Å². The number of rotatable bonds is 8. The Kier molecular flexibility index (Phi) is 8.84. The van der Waals surface area contributed by atoms with Crippen LogP contribution in [0.3, 0.4) is 0 Å². The molecule has 0 aromatic rings. The highest BCUT2D eigenvalue weighted by Gasteiger charge is 2.20. The van der Waals surface area contributed by atoms with Gasteiger partial charge in [0.05, 0.1) is 6.61 Å². The summed E-state index contributed by atoms with van der Waals surface area (Å²) in [5.74, 6) is 0.869. The van der Waals surface area contributed by atoms with E-state index in [1.807, 2.05) is 6.92 Å². The second-order valence-electron chi connectivity index (χ2n) is 4.48. The van der Waals surface area contributed by atoms with E-state index in [0.29, 0.717) is 24.7 Å². The van der Waals surface area contributed by atoms with Gasteiger partial charge in [-0.25, -0.2) is 0 Å². The van der Waals surface area contributed by atoms with Gasteiger partial charge in [-0.2, -0.15) is 0 Å². The monoisotopic (exact) mass is 267 g/mol. The summed E-state index contributed by atoms with van der Waals surface area (Å²) in [6, 6.07) is 1.47. The van der Waals surface area contributed by atoms with Crippen LogP contribution in [0.2, 0.25) is 0 Å². The predicted molar refractivity (Wildman–Crippen MR) is 74.7 cm³/mol. The molecular weight excluding hydrogens is 241 g/mol. The van der Waals surface area contributed by atoms with Crippen LogP contribution in [0.5, 0.6) is 0 Å². The lowest BCUT2D eigenvalue weighted by atomic mass is 10.2. The van der Waals surface area contributed by atoms with Crippen LogP contribution >= 0.6 is 18.6 Å². The van der Waals surface area contributed by atoms with Gasteiger partial charge in [0.25, 0.3) is 0 Å². The largest absolute Gasteiger partial charge is 0.323 e. The Morgan fingerprint density at radius 1 is 1.19 bits per heavy atom. The Balaban J connectivity index is 4.11. The normalized spacial score (nSPS) is 16.1. The number of nitrogens with zero attached hydrogens (tertiary/aromatic N) is 1. The first-order chi connectivity index (χ1) is 7.40. The maximum Gasteiger partial charge on any atom is 0.246 e. The van der Waals surface area contributed by atoms with Crippen molar-refractivity contribution in [2.24, 2.45) is 0 Å². The molecule has 0 saturated carbocycles. The van der Waals surface area contributed by atoms with Gasteiger partial charge in [0.1, 0.15) is 0 Å². The van der Waals surface area contributed by atoms with Crippen molar-refractivity contribution < 1.29 is 9.09 Å². The van der Waals surface area contributed by atoms with Crippen molar-refractivity contribution in [1.29, 1.82) is 0 Å². The van der Waals surface area contributed by atoms with Gasteiger partial charge in [-0.3, -0.25) is 9.46 Å². The topological polar surface area (TPSA) is 29.5 Å². The summed E-state index contributed by atoms with van der Waals surface area (Å²) in [4.78, 5) is 2.44. The van der Waals surface area contributed by atoms with Crippen LogP contribution in [0, 0.1) is 0 Å². The van der Waals surface area contributed by atoms with Crippen molar-refractivity contribution in [3.63, 3.8) is 0 Å². The summed E-state index contributed by atoms with van der Waals surface area (Å²) in [6.07, 6.45) is 0. The lowest BCUT2D eigenvalue weighted by Crippen LogP contribution is -2.44. The first-order valence-corrected chi connectivity index (χ1v) is 8.99. The van der Waals surface area contributed by atoms with Crippen molar-refractivity contribution in [3.8, 4) is 0 Å². The zero-order valence-corrected chi connectivity index (χ0v) is 13.1. The smallest absolute Gasteiger partial charge is 0.246 e. The van der Waals surface area contributed by atoms with Gasteiger partial charge in [-0.05, 0) is 41.5 Å². The minimum absolute atomic E-state index is 0.430. The number of hydrogen-bond acceptors (Lipinski definition) is 4. The molecule has 0 aromatic carbocycles. The van der Waals surface area contributed by atoms with Crippen LogP contribution in [0.25, 0.3) is 0 Å². The van der Waals surface area contributed by atoms with Crippen molar-refractivity contribution in [2.75, 3.05) is 12.4 Å². The third kappa shape index (κ3) is 6.29. The van der Waals surface area contributed by atoms with Gasteiger partial charge < -0.3 is 4.52 Å². The Hall–Kier alpha value is 0.500. The lowest BCUT2D eigenvalue weighted by molar-refractivity contribution is 0.135. The highest BCUT2D eigenvalue weighted by Crippen LogP contribution is 2.39. The standard InChI is InChI=1S/C11H26NO2PS/c1-7-14-15(13)16-8-11(6)12(9(2)3)10(4)5/h9-11,15H,7-8H2,1-6H3.